The topological polar surface area (TPSA) is 130 Å². The third-order valence-corrected chi connectivity index (χ3v) is 5.42. The Labute approximate surface area is 171 Å². The lowest BCUT2D eigenvalue weighted by Gasteiger charge is -2.23. The molecule has 0 aliphatic carbocycles. The summed E-state index contributed by atoms with van der Waals surface area (Å²) in [7, 11) is 0. The highest BCUT2D eigenvalue weighted by Crippen LogP contribution is 2.30. The Morgan fingerprint density at radius 3 is 2.13 bits per heavy atom. The zero-order valence-electron chi connectivity index (χ0n) is 16.0. The number of carbonyl (C=O) groups excluding carboxylic acids is 5. The molecule has 2 heterocycles. The number of nitrogens with one attached hydrogen (secondary N) is 1. The van der Waals surface area contributed by atoms with Crippen LogP contribution in [0.3, 0.4) is 0 Å². The van der Waals surface area contributed by atoms with Crippen molar-refractivity contribution in [2.45, 2.75) is 12.5 Å². The molecule has 2 aromatic rings. The molecule has 3 N–H and O–H groups in total. The summed E-state index contributed by atoms with van der Waals surface area (Å²) >= 11 is 0. The Balaban J connectivity index is 1.53. The van der Waals surface area contributed by atoms with Gasteiger partial charge in [-0.1, -0.05) is 24.3 Å². The summed E-state index contributed by atoms with van der Waals surface area (Å²) in [5, 5.41) is 2.62. The van der Waals surface area contributed by atoms with Crippen LogP contribution in [0.2, 0.25) is 0 Å². The van der Waals surface area contributed by atoms with Crippen molar-refractivity contribution in [2.24, 2.45) is 5.73 Å². The minimum absolute atomic E-state index is 0.122. The molecule has 6 amide bonds. The van der Waals surface area contributed by atoms with Gasteiger partial charge >= 0.3 is 6.03 Å². The van der Waals surface area contributed by atoms with Crippen LogP contribution in [0.1, 0.15) is 43.6 Å². The molecule has 9 nitrogen and oxygen atoms in total. The van der Waals surface area contributed by atoms with Gasteiger partial charge in [0.15, 0.2) is 0 Å². The fraction of sp³-hybridized carbons (Fsp3) is 0.190. The molecule has 0 spiro atoms. The van der Waals surface area contributed by atoms with E-state index in [1.165, 1.54) is 19.1 Å². The normalized spacial score (nSPS) is 20.6. The van der Waals surface area contributed by atoms with Crippen molar-refractivity contribution in [2.75, 3.05) is 13.1 Å². The number of benzene rings is 2. The van der Waals surface area contributed by atoms with Crippen LogP contribution in [0.4, 0.5) is 4.79 Å². The average molecular weight is 406 g/mol. The lowest BCUT2D eigenvalue weighted by Crippen LogP contribution is -2.43. The van der Waals surface area contributed by atoms with E-state index < -0.39 is 35.2 Å². The summed E-state index contributed by atoms with van der Waals surface area (Å²) in [6.45, 7) is 1.25. The van der Waals surface area contributed by atoms with Crippen molar-refractivity contribution in [1.82, 2.24) is 15.1 Å². The van der Waals surface area contributed by atoms with E-state index in [0.717, 1.165) is 9.80 Å². The lowest BCUT2D eigenvalue weighted by molar-refractivity contribution is -0.131. The Morgan fingerprint density at radius 2 is 1.53 bits per heavy atom. The van der Waals surface area contributed by atoms with Gasteiger partial charge in [0.1, 0.15) is 5.54 Å². The molecule has 9 heteroatoms. The summed E-state index contributed by atoms with van der Waals surface area (Å²) in [6.07, 6.45) is 0. The summed E-state index contributed by atoms with van der Waals surface area (Å²) in [5.41, 5.74) is 5.11. The van der Waals surface area contributed by atoms with Gasteiger partial charge in [0.2, 0.25) is 5.91 Å². The average Bonchev–Trinajstić information content (AvgIpc) is 3.11. The van der Waals surface area contributed by atoms with Gasteiger partial charge in [-0.3, -0.25) is 29.0 Å². The molecule has 0 radical (unpaired) electrons. The van der Waals surface area contributed by atoms with E-state index in [1.807, 2.05) is 0 Å². The van der Waals surface area contributed by atoms with Gasteiger partial charge < -0.3 is 11.1 Å². The molecule has 152 valence electrons. The minimum Gasteiger partial charge on any atom is -0.366 e. The monoisotopic (exact) mass is 406 g/mol. The number of nitrogens with zero attached hydrogens (tertiary/aromatic N) is 2. The summed E-state index contributed by atoms with van der Waals surface area (Å²) in [5.74, 6) is -2.12. The minimum atomic E-state index is -1.40. The van der Waals surface area contributed by atoms with Gasteiger partial charge in [-0.15, -0.1) is 0 Å². The molecule has 1 fully saturated rings. The first-order chi connectivity index (χ1) is 14.2. The van der Waals surface area contributed by atoms with Gasteiger partial charge in [0.05, 0.1) is 11.1 Å². The maximum atomic E-state index is 13.0. The summed E-state index contributed by atoms with van der Waals surface area (Å²) in [6, 6.07) is 11.9. The smallest absolute Gasteiger partial charge is 0.325 e. The van der Waals surface area contributed by atoms with E-state index >= 15 is 0 Å². The summed E-state index contributed by atoms with van der Waals surface area (Å²) in [4.78, 5) is 63.9. The van der Waals surface area contributed by atoms with Gasteiger partial charge in [-0.05, 0) is 36.8 Å². The number of fused-ring (bicyclic) bond motifs is 1. The molecular formula is C21H18N4O5. The van der Waals surface area contributed by atoms with Crippen LogP contribution in [-0.4, -0.2) is 52.5 Å². The van der Waals surface area contributed by atoms with Gasteiger partial charge in [-0.2, -0.15) is 0 Å². The van der Waals surface area contributed by atoms with Crippen LogP contribution < -0.4 is 11.1 Å². The maximum Gasteiger partial charge on any atom is 0.325 e. The number of hydrogen-bond acceptors (Lipinski definition) is 5. The second-order valence-corrected chi connectivity index (χ2v) is 7.26. The standard InChI is InChI=1S/C21H18N4O5/c1-21(13-6-4-5-12(11-13)16(22)26)19(29)25(20(30)23-21)10-9-24-17(27)14-7-2-3-8-15(14)18(24)28/h2-8,11H,9-10H2,1H3,(H2,22,26)(H,23,30). The number of rotatable bonds is 5. The largest absolute Gasteiger partial charge is 0.366 e. The first kappa shape index (κ1) is 19.3. The van der Waals surface area contributed by atoms with E-state index in [2.05, 4.69) is 5.32 Å². The number of carbonyl (C=O) groups is 5. The third kappa shape index (κ3) is 2.83. The molecule has 0 saturated carbocycles. The van der Waals surface area contributed by atoms with E-state index in [9.17, 15) is 24.0 Å². The SMILES string of the molecule is CC1(c2cccc(C(N)=O)c2)NC(=O)N(CCN2C(=O)c3ccccc3C2=O)C1=O. The van der Waals surface area contributed by atoms with Crippen molar-refractivity contribution in [1.29, 1.82) is 0 Å². The van der Waals surface area contributed by atoms with E-state index in [0.29, 0.717) is 16.7 Å². The molecule has 2 aromatic carbocycles. The van der Waals surface area contributed by atoms with Gasteiger partial charge in [0, 0.05) is 18.7 Å². The van der Waals surface area contributed by atoms with Crippen LogP contribution in [0, 0.1) is 0 Å². The maximum absolute atomic E-state index is 13.0. The zero-order chi connectivity index (χ0) is 21.6. The molecule has 1 unspecified atom stereocenters. The van der Waals surface area contributed by atoms with E-state index in [1.54, 1.807) is 36.4 Å². The van der Waals surface area contributed by atoms with Crippen LogP contribution in [-0.2, 0) is 10.3 Å². The Bertz CT molecular complexity index is 1090. The van der Waals surface area contributed by atoms with Gasteiger partial charge in [-0.25, -0.2) is 4.79 Å². The molecular weight excluding hydrogens is 388 g/mol. The number of urea groups is 1. The molecule has 0 aromatic heterocycles. The Kier molecular flexibility index (Phi) is 4.38. The predicted molar refractivity (Wildman–Crippen MR) is 104 cm³/mol. The Hall–Kier alpha value is -4.01. The fourth-order valence-corrected chi connectivity index (χ4v) is 3.72. The van der Waals surface area contributed by atoms with E-state index in [-0.39, 0.29) is 18.7 Å². The second kappa shape index (κ2) is 6.80. The highest BCUT2D eigenvalue weighted by Gasteiger charge is 2.49. The van der Waals surface area contributed by atoms with E-state index in [4.69, 9.17) is 5.73 Å². The second-order valence-electron chi connectivity index (χ2n) is 7.26. The summed E-state index contributed by atoms with van der Waals surface area (Å²) < 4.78 is 0. The third-order valence-electron chi connectivity index (χ3n) is 5.42. The Morgan fingerprint density at radius 1 is 0.933 bits per heavy atom. The van der Waals surface area contributed by atoms with Crippen LogP contribution in [0.15, 0.2) is 48.5 Å². The predicted octanol–water partition coefficient (Wildman–Crippen LogP) is 0.849. The first-order valence-electron chi connectivity index (χ1n) is 9.23. The zero-order valence-corrected chi connectivity index (χ0v) is 16.0. The molecule has 1 saturated heterocycles. The highest BCUT2D eigenvalue weighted by molar-refractivity contribution is 6.21. The number of nitrogens with two attached hydrogens (primary N) is 1. The van der Waals surface area contributed by atoms with Crippen molar-refractivity contribution >= 4 is 29.7 Å². The van der Waals surface area contributed by atoms with Crippen molar-refractivity contribution in [3.8, 4) is 0 Å². The van der Waals surface area contributed by atoms with Gasteiger partial charge in [0.25, 0.3) is 17.7 Å². The molecule has 2 aliphatic rings. The number of imide groups is 2. The number of hydrogen-bond donors (Lipinski definition) is 2. The molecule has 2 aliphatic heterocycles. The van der Waals surface area contributed by atoms with Crippen molar-refractivity contribution in [3.63, 3.8) is 0 Å². The lowest BCUT2D eigenvalue weighted by atomic mass is 9.90. The quantitative estimate of drug-likeness (QED) is 0.562. The fourth-order valence-electron chi connectivity index (χ4n) is 3.72. The van der Waals surface area contributed by atoms with Crippen molar-refractivity contribution in [3.05, 3.63) is 70.8 Å². The molecule has 30 heavy (non-hydrogen) atoms. The number of amides is 6. The number of primary amides is 1. The van der Waals surface area contributed by atoms with Crippen molar-refractivity contribution < 1.29 is 24.0 Å². The molecule has 0 bridgehead atoms. The highest BCUT2D eigenvalue weighted by atomic mass is 16.2. The molecule has 4 rings (SSSR count). The van der Waals surface area contributed by atoms with Crippen LogP contribution in [0.5, 0.6) is 0 Å². The van der Waals surface area contributed by atoms with Crippen LogP contribution in [0.25, 0.3) is 0 Å². The molecule has 1 atom stereocenters. The van der Waals surface area contributed by atoms with Crippen LogP contribution >= 0.6 is 0 Å². The first-order valence-corrected chi connectivity index (χ1v) is 9.23.